The summed E-state index contributed by atoms with van der Waals surface area (Å²) in [5, 5.41) is 3.76. The highest BCUT2D eigenvalue weighted by atomic mass is 16.5. The Morgan fingerprint density at radius 3 is 2.84 bits per heavy atom. The van der Waals surface area contributed by atoms with E-state index in [4.69, 9.17) is 14.2 Å². The molecule has 5 rings (SSSR count). The number of nitrogens with one attached hydrogen (secondary N) is 1. The standard InChI is InChI=1S/C24H26N4O4/c1-16-25-14-18-19(26-16)4-2-6-21(18)30-13-12-28-10-8-17(9-11-28)32-22-7-3-5-20-24(22)31-15-23(29)27-20/h2-7,14,17H,8-13,15H2,1H3,(H,27,29). The smallest absolute Gasteiger partial charge is 0.262 e. The van der Waals surface area contributed by atoms with Crippen molar-refractivity contribution in [2.24, 2.45) is 0 Å². The van der Waals surface area contributed by atoms with Crippen molar-refractivity contribution < 1.29 is 19.0 Å². The van der Waals surface area contributed by atoms with Gasteiger partial charge in [-0.15, -0.1) is 0 Å². The predicted molar refractivity (Wildman–Crippen MR) is 120 cm³/mol. The molecule has 8 nitrogen and oxygen atoms in total. The number of fused-ring (bicyclic) bond motifs is 2. The van der Waals surface area contributed by atoms with Crippen LogP contribution >= 0.6 is 0 Å². The summed E-state index contributed by atoms with van der Waals surface area (Å²) >= 11 is 0. The Hall–Kier alpha value is -3.39. The molecule has 0 bridgehead atoms. The summed E-state index contributed by atoms with van der Waals surface area (Å²) in [6.45, 7) is 5.26. The van der Waals surface area contributed by atoms with E-state index in [1.165, 1.54) is 0 Å². The van der Waals surface area contributed by atoms with Crippen LogP contribution in [-0.2, 0) is 4.79 Å². The van der Waals surface area contributed by atoms with Gasteiger partial charge in [0.15, 0.2) is 18.1 Å². The van der Waals surface area contributed by atoms with Crippen molar-refractivity contribution >= 4 is 22.5 Å². The topological polar surface area (TPSA) is 85.8 Å². The Labute approximate surface area is 186 Å². The number of carbonyl (C=O) groups is 1. The highest BCUT2D eigenvalue weighted by Crippen LogP contribution is 2.38. The maximum absolute atomic E-state index is 11.5. The van der Waals surface area contributed by atoms with E-state index in [0.717, 1.165) is 55.0 Å². The number of rotatable bonds is 6. The number of hydrogen-bond donors (Lipinski definition) is 1. The summed E-state index contributed by atoms with van der Waals surface area (Å²) in [7, 11) is 0. The van der Waals surface area contributed by atoms with Crippen LogP contribution in [0.2, 0.25) is 0 Å². The zero-order valence-corrected chi connectivity index (χ0v) is 18.0. The Morgan fingerprint density at radius 2 is 1.97 bits per heavy atom. The molecule has 3 aromatic rings. The number of carbonyl (C=O) groups excluding carboxylic acids is 1. The summed E-state index contributed by atoms with van der Waals surface area (Å²) in [5.74, 6) is 2.75. The summed E-state index contributed by atoms with van der Waals surface area (Å²) < 4.78 is 17.9. The zero-order valence-electron chi connectivity index (χ0n) is 18.0. The molecule has 32 heavy (non-hydrogen) atoms. The van der Waals surface area contributed by atoms with Gasteiger partial charge in [-0.25, -0.2) is 9.97 Å². The monoisotopic (exact) mass is 434 g/mol. The number of piperidine rings is 1. The molecule has 1 aromatic heterocycles. The Kier molecular flexibility index (Phi) is 5.77. The average Bonchev–Trinajstić information content (AvgIpc) is 2.80. The lowest BCUT2D eigenvalue weighted by Gasteiger charge is -2.32. The number of likely N-dealkylation sites (tertiary alicyclic amines) is 1. The second-order valence-corrected chi connectivity index (χ2v) is 8.08. The number of benzene rings is 2. The molecule has 8 heteroatoms. The molecule has 0 atom stereocenters. The molecule has 0 aliphatic carbocycles. The lowest BCUT2D eigenvalue weighted by molar-refractivity contribution is -0.118. The van der Waals surface area contributed by atoms with Crippen LogP contribution in [0.5, 0.6) is 17.2 Å². The van der Waals surface area contributed by atoms with Crippen molar-refractivity contribution in [1.29, 1.82) is 0 Å². The van der Waals surface area contributed by atoms with Crippen LogP contribution in [0, 0.1) is 6.92 Å². The molecule has 1 N–H and O–H groups in total. The van der Waals surface area contributed by atoms with Crippen molar-refractivity contribution in [2.45, 2.75) is 25.9 Å². The minimum atomic E-state index is -0.142. The van der Waals surface area contributed by atoms with Gasteiger partial charge < -0.3 is 19.5 Å². The van der Waals surface area contributed by atoms with Crippen molar-refractivity contribution in [1.82, 2.24) is 14.9 Å². The lowest BCUT2D eigenvalue weighted by Crippen LogP contribution is -2.40. The van der Waals surface area contributed by atoms with Crippen LogP contribution in [0.25, 0.3) is 10.9 Å². The normalized spacial score (nSPS) is 16.8. The SMILES string of the molecule is Cc1ncc2c(OCCN3CCC(Oc4cccc5c4OCC(=O)N5)CC3)cccc2n1. The largest absolute Gasteiger partial charge is 0.491 e. The van der Waals surface area contributed by atoms with Gasteiger partial charge in [0.25, 0.3) is 5.91 Å². The fraction of sp³-hybridized carbons (Fsp3) is 0.375. The van der Waals surface area contributed by atoms with Gasteiger partial charge in [0.2, 0.25) is 0 Å². The molecular weight excluding hydrogens is 408 g/mol. The molecule has 0 saturated carbocycles. The Balaban J connectivity index is 1.12. The highest BCUT2D eigenvalue weighted by molar-refractivity contribution is 5.96. The molecule has 3 heterocycles. The van der Waals surface area contributed by atoms with Gasteiger partial charge in [-0.1, -0.05) is 12.1 Å². The third-order valence-electron chi connectivity index (χ3n) is 5.80. The van der Waals surface area contributed by atoms with E-state index in [1.807, 2.05) is 49.5 Å². The van der Waals surface area contributed by atoms with Gasteiger partial charge in [-0.2, -0.15) is 0 Å². The molecule has 1 amide bonds. The van der Waals surface area contributed by atoms with Gasteiger partial charge >= 0.3 is 0 Å². The summed E-state index contributed by atoms with van der Waals surface area (Å²) in [6.07, 6.45) is 3.81. The summed E-state index contributed by atoms with van der Waals surface area (Å²) in [5.41, 5.74) is 1.57. The van der Waals surface area contributed by atoms with Gasteiger partial charge in [0, 0.05) is 25.8 Å². The fourth-order valence-corrected chi connectivity index (χ4v) is 4.14. The molecule has 2 aromatic carbocycles. The van der Waals surface area contributed by atoms with E-state index in [0.29, 0.717) is 23.8 Å². The highest BCUT2D eigenvalue weighted by Gasteiger charge is 2.24. The maximum atomic E-state index is 11.5. The van der Waals surface area contributed by atoms with Crippen LogP contribution in [0.3, 0.4) is 0 Å². The van der Waals surface area contributed by atoms with Gasteiger partial charge in [0.1, 0.15) is 24.3 Å². The number of ether oxygens (including phenoxy) is 3. The molecule has 0 radical (unpaired) electrons. The van der Waals surface area contributed by atoms with Gasteiger partial charge in [-0.3, -0.25) is 9.69 Å². The third-order valence-corrected chi connectivity index (χ3v) is 5.80. The van der Waals surface area contributed by atoms with E-state index >= 15 is 0 Å². The molecule has 1 fully saturated rings. The minimum absolute atomic E-state index is 0.0221. The Morgan fingerprint density at radius 1 is 1.16 bits per heavy atom. The first-order valence-electron chi connectivity index (χ1n) is 11.0. The molecule has 2 aliphatic rings. The first-order valence-corrected chi connectivity index (χ1v) is 11.0. The lowest BCUT2D eigenvalue weighted by atomic mass is 10.1. The molecule has 0 unspecified atom stereocenters. The third kappa shape index (κ3) is 4.45. The quantitative estimate of drug-likeness (QED) is 0.638. The fourth-order valence-electron chi connectivity index (χ4n) is 4.14. The molecule has 166 valence electrons. The minimum Gasteiger partial charge on any atom is -0.491 e. The molecule has 0 spiro atoms. The van der Waals surface area contributed by atoms with E-state index in [1.54, 1.807) is 0 Å². The van der Waals surface area contributed by atoms with Crippen LogP contribution in [0.15, 0.2) is 42.6 Å². The van der Waals surface area contributed by atoms with Crippen LogP contribution in [-0.4, -0.2) is 59.7 Å². The van der Waals surface area contributed by atoms with Crippen LogP contribution in [0.4, 0.5) is 5.69 Å². The number of aromatic nitrogens is 2. The number of hydrogen-bond acceptors (Lipinski definition) is 7. The van der Waals surface area contributed by atoms with Crippen molar-refractivity contribution in [3.8, 4) is 17.2 Å². The van der Waals surface area contributed by atoms with Crippen molar-refractivity contribution in [3.63, 3.8) is 0 Å². The molecule has 1 saturated heterocycles. The van der Waals surface area contributed by atoms with Crippen molar-refractivity contribution in [2.75, 3.05) is 38.2 Å². The summed E-state index contributed by atoms with van der Waals surface area (Å²) in [4.78, 5) is 22.7. The first-order chi connectivity index (χ1) is 15.7. The predicted octanol–water partition coefficient (Wildman–Crippen LogP) is 3.19. The number of anilines is 1. The Bertz CT molecular complexity index is 1130. The van der Waals surface area contributed by atoms with E-state index < -0.39 is 0 Å². The van der Waals surface area contributed by atoms with E-state index in [9.17, 15) is 4.79 Å². The summed E-state index contributed by atoms with van der Waals surface area (Å²) in [6, 6.07) is 11.5. The number of aryl methyl sites for hydroxylation is 1. The second kappa shape index (κ2) is 9.00. The maximum Gasteiger partial charge on any atom is 0.262 e. The van der Waals surface area contributed by atoms with Crippen LogP contribution < -0.4 is 19.5 Å². The van der Waals surface area contributed by atoms with E-state index in [-0.39, 0.29) is 18.6 Å². The van der Waals surface area contributed by atoms with Gasteiger partial charge in [0.05, 0.1) is 16.6 Å². The number of para-hydroxylation sites is 1. The zero-order chi connectivity index (χ0) is 21.9. The first kappa shape index (κ1) is 20.5. The average molecular weight is 434 g/mol. The van der Waals surface area contributed by atoms with E-state index in [2.05, 4.69) is 20.2 Å². The molecular formula is C24H26N4O4. The number of amides is 1. The number of nitrogens with zero attached hydrogens (tertiary/aromatic N) is 3. The van der Waals surface area contributed by atoms with Crippen LogP contribution in [0.1, 0.15) is 18.7 Å². The van der Waals surface area contributed by atoms with Gasteiger partial charge in [-0.05, 0) is 44.0 Å². The van der Waals surface area contributed by atoms with Crippen molar-refractivity contribution in [3.05, 3.63) is 48.4 Å². The molecule has 2 aliphatic heterocycles. The second-order valence-electron chi connectivity index (χ2n) is 8.08.